The van der Waals surface area contributed by atoms with Crippen molar-refractivity contribution in [2.45, 2.75) is 45.6 Å². The van der Waals surface area contributed by atoms with Gasteiger partial charge in [0.05, 0.1) is 27.4 Å². The van der Waals surface area contributed by atoms with E-state index in [1.807, 2.05) is 52.8 Å². The van der Waals surface area contributed by atoms with E-state index in [0.29, 0.717) is 37.6 Å². The molecule has 2 aliphatic heterocycles. The van der Waals surface area contributed by atoms with Gasteiger partial charge in [-0.3, -0.25) is 14.5 Å². The molecule has 1 saturated heterocycles. The first kappa shape index (κ1) is 24.9. The van der Waals surface area contributed by atoms with Crippen LogP contribution in [0.2, 0.25) is 5.02 Å². The van der Waals surface area contributed by atoms with Crippen LogP contribution < -0.4 is 15.5 Å². The summed E-state index contributed by atoms with van der Waals surface area (Å²) in [5.74, 6) is -0.858. The highest BCUT2D eigenvalue weighted by Gasteiger charge is 2.46. The molecular weight excluding hydrogens is 468 g/mol. The van der Waals surface area contributed by atoms with Gasteiger partial charge in [-0.25, -0.2) is 4.79 Å². The minimum absolute atomic E-state index is 0.113. The first-order valence-electron chi connectivity index (χ1n) is 11.6. The molecule has 186 valence electrons. The van der Waals surface area contributed by atoms with Crippen LogP contribution in [0.3, 0.4) is 0 Å². The van der Waals surface area contributed by atoms with Crippen LogP contribution in [-0.2, 0) is 14.9 Å². The molecule has 0 atom stereocenters. The largest absolute Gasteiger partial charge is 0.444 e. The monoisotopic (exact) mass is 498 g/mol. The third-order valence-corrected chi connectivity index (χ3v) is 6.72. The normalized spacial score (nSPS) is 17.4. The lowest BCUT2D eigenvalue weighted by atomic mass is 9.86. The summed E-state index contributed by atoms with van der Waals surface area (Å²) in [6.07, 6.45) is -0.315. The Bertz CT molecular complexity index is 1200. The van der Waals surface area contributed by atoms with Gasteiger partial charge in [0, 0.05) is 31.9 Å². The Hall–Kier alpha value is -3.26. The van der Waals surface area contributed by atoms with Gasteiger partial charge in [0.1, 0.15) is 5.60 Å². The number of anilines is 3. The Morgan fingerprint density at radius 1 is 1.03 bits per heavy atom. The van der Waals surface area contributed by atoms with E-state index in [0.717, 1.165) is 11.3 Å². The minimum atomic E-state index is -0.791. The number of hydrogen-bond acceptors (Lipinski definition) is 5. The third kappa shape index (κ3) is 4.55. The number of primary amides is 1. The van der Waals surface area contributed by atoms with Crippen LogP contribution in [0.1, 0.15) is 50.5 Å². The number of amides is 3. The number of hydrogen-bond donors (Lipinski definition) is 1. The molecule has 2 N–H and O–H groups in total. The fourth-order valence-electron chi connectivity index (χ4n) is 4.59. The quantitative estimate of drug-likeness (QED) is 0.674. The van der Waals surface area contributed by atoms with E-state index in [4.69, 9.17) is 22.1 Å². The zero-order valence-electron chi connectivity index (χ0n) is 20.7. The van der Waals surface area contributed by atoms with Gasteiger partial charge in [0.2, 0.25) is 5.91 Å². The fraction of sp³-hybridized carbons (Fsp3) is 0.423. The maximum absolute atomic E-state index is 13.5. The number of halogens is 1. The molecule has 2 aromatic rings. The Labute approximate surface area is 210 Å². The highest BCUT2D eigenvalue weighted by Crippen LogP contribution is 2.48. The fourth-order valence-corrected chi connectivity index (χ4v) is 4.85. The lowest BCUT2D eigenvalue weighted by Crippen LogP contribution is -2.50. The molecule has 0 aliphatic carbocycles. The van der Waals surface area contributed by atoms with E-state index in [2.05, 4.69) is 4.90 Å². The van der Waals surface area contributed by atoms with Crippen LogP contribution in [0.25, 0.3) is 0 Å². The summed E-state index contributed by atoms with van der Waals surface area (Å²) in [4.78, 5) is 43.6. The average molecular weight is 499 g/mol. The summed E-state index contributed by atoms with van der Waals surface area (Å²) in [6, 6.07) is 10.9. The van der Waals surface area contributed by atoms with E-state index in [1.54, 1.807) is 28.0 Å². The molecule has 9 heteroatoms. The summed E-state index contributed by atoms with van der Waals surface area (Å²) in [5.41, 5.74) is 7.25. The molecule has 0 spiro atoms. The highest BCUT2D eigenvalue weighted by molar-refractivity contribution is 6.35. The van der Waals surface area contributed by atoms with E-state index in [1.165, 1.54) is 0 Å². The van der Waals surface area contributed by atoms with Gasteiger partial charge in [0.15, 0.2) is 0 Å². The number of piperazine rings is 1. The number of carbonyl (C=O) groups excluding carboxylic acids is 3. The number of carbonyl (C=O) groups is 3. The summed E-state index contributed by atoms with van der Waals surface area (Å²) in [6.45, 7) is 11.6. The molecule has 3 amide bonds. The molecule has 4 rings (SSSR count). The summed E-state index contributed by atoms with van der Waals surface area (Å²) in [7, 11) is 0. The van der Waals surface area contributed by atoms with Gasteiger partial charge in [-0.2, -0.15) is 0 Å². The van der Waals surface area contributed by atoms with E-state index < -0.39 is 16.9 Å². The Kier molecular flexibility index (Phi) is 6.21. The number of benzene rings is 2. The third-order valence-electron chi connectivity index (χ3n) is 6.41. The maximum Gasteiger partial charge on any atom is 0.410 e. The number of nitrogens with zero attached hydrogens (tertiary/aromatic N) is 3. The van der Waals surface area contributed by atoms with Crippen LogP contribution in [0, 0.1) is 0 Å². The summed E-state index contributed by atoms with van der Waals surface area (Å²) in [5, 5.41) is 0.198. The zero-order chi connectivity index (χ0) is 25.7. The number of nitrogens with two attached hydrogens (primary N) is 1. The molecule has 1 fully saturated rings. The van der Waals surface area contributed by atoms with Crippen LogP contribution in [0.15, 0.2) is 36.4 Å². The van der Waals surface area contributed by atoms with Gasteiger partial charge in [-0.05, 0) is 64.4 Å². The van der Waals surface area contributed by atoms with Crippen molar-refractivity contribution < 1.29 is 19.1 Å². The van der Waals surface area contributed by atoms with Gasteiger partial charge >= 0.3 is 6.09 Å². The Morgan fingerprint density at radius 2 is 1.69 bits per heavy atom. The van der Waals surface area contributed by atoms with E-state index >= 15 is 0 Å². The van der Waals surface area contributed by atoms with Crippen molar-refractivity contribution in [2.24, 2.45) is 5.73 Å². The molecule has 2 aromatic carbocycles. The standard InChI is InChI=1S/C26H31ClN4O4/c1-25(2,3)35-24(34)30-13-11-29(12-14-30)16-9-10-17-20(15-16)31(23(33)26(17,4)5)19-8-6-7-18(27)21(19)22(28)32/h6-10,15H,11-14H2,1-5H3,(H2,28,32). The minimum Gasteiger partial charge on any atom is -0.444 e. The first-order chi connectivity index (χ1) is 16.3. The smallest absolute Gasteiger partial charge is 0.410 e. The van der Waals surface area contributed by atoms with Crippen LogP contribution in [0.4, 0.5) is 21.9 Å². The van der Waals surface area contributed by atoms with Crippen molar-refractivity contribution in [3.63, 3.8) is 0 Å². The second-order valence-corrected chi connectivity index (χ2v) is 10.8. The number of rotatable bonds is 3. The van der Waals surface area contributed by atoms with E-state index in [9.17, 15) is 14.4 Å². The number of ether oxygens (including phenoxy) is 1. The molecule has 2 aliphatic rings. The summed E-state index contributed by atoms with van der Waals surface area (Å²) < 4.78 is 5.49. The lowest BCUT2D eigenvalue weighted by Gasteiger charge is -2.37. The van der Waals surface area contributed by atoms with Crippen molar-refractivity contribution in [2.75, 3.05) is 36.0 Å². The van der Waals surface area contributed by atoms with Crippen molar-refractivity contribution >= 4 is 46.6 Å². The predicted octanol–water partition coefficient (Wildman–Crippen LogP) is 4.45. The molecule has 0 aromatic heterocycles. The second kappa shape index (κ2) is 8.75. The number of fused-ring (bicyclic) bond motifs is 1. The SMILES string of the molecule is CC(C)(C)OC(=O)N1CCN(c2ccc3c(c2)N(c2cccc(Cl)c2C(N)=O)C(=O)C3(C)C)CC1. The van der Waals surface area contributed by atoms with Crippen molar-refractivity contribution in [1.82, 2.24) is 4.90 Å². The zero-order valence-corrected chi connectivity index (χ0v) is 21.5. The van der Waals surface area contributed by atoms with Gasteiger partial charge < -0.3 is 20.3 Å². The molecule has 2 heterocycles. The Morgan fingerprint density at radius 3 is 2.29 bits per heavy atom. The van der Waals surface area contributed by atoms with Crippen LogP contribution >= 0.6 is 11.6 Å². The summed E-state index contributed by atoms with van der Waals surface area (Å²) >= 11 is 6.29. The second-order valence-electron chi connectivity index (χ2n) is 10.4. The Balaban J connectivity index is 1.65. The van der Waals surface area contributed by atoms with Gasteiger partial charge in [0.25, 0.3) is 5.91 Å². The molecule has 0 saturated carbocycles. The van der Waals surface area contributed by atoms with Crippen molar-refractivity contribution in [3.05, 3.63) is 52.5 Å². The van der Waals surface area contributed by atoms with Crippen LogP contribution in [-0.4, -0.2) is 54.6 Å². The van der Waals surface area contributed by atoms with Crippen LogP contribution in [0.5, 0.6) is 0 Å². The lowest BCUT2D eigenvalue weighted by molar-refractivity contribution is -0.121. The molecule has 35 heavy (non-hydrogen) atoms. The molecule has 0 radical (unpaired) electrons. The van der Waals surface area contributed by atoms with Gasteiger partial charge in [-0.15, -0.1) is 0 Å². The van der Waals surface area contributed by atoms with Crippen molar-refractivity contribution in [3.8, 4) is 0 Å². The molecule has 0 unspecified atom stereocenters. The predicted molar refractivity (Wildman–Crippen MR) is 137 cm³/mol. The highest BCUT2D eigenvalue weighted by atomic mass is 35.5. The molecule has 8 nitrogen and oxygen atoms in total. The first-order valence-corrected chi connectivity index (χ1v) is 12.0. The topological polar surface area (TPSA) is 96.2 Å². The molecule has 0 bridgehead atoms. The van der Waals surface area contributed by atoms with Crippen molar-refractivity contribution in [1.29, 1.82) is 0 Å². The molecular formula is C26H31ClN4O4. The van der Waals surface area contributed by atoms with Gasteiger partial charge in [-0.1, -0.05) is 23.7 Å². The van der Waals surface area contributed by atoms with E-state index in [-0.39, 0.29) is 22.6 Å². The maximum atomic E-state index is 13.5. The average Bonchev–Trinajstić information content (AvgIpc) is 2.97.